The van der Waals surface area contributed by atoms with Crippen LogP contribution < -0.4 is 0 Å². The third-order valence-corrected chi connectivity index (χ3v) is 3.58. The van der Waals surface area contributed by atoms with Crippen LogP contribution in [0, 0.1) is 5.41 Å². The average molecular weight is 265 g/mol. The molecule has 0 N–H and O–H groups in total. The molecule has 1 fully saturated rings. The predicted octanol–water partition coefficient (Wildman–Crippen LogP) is 2.38. The molecule has 2 heterocycles. The van der Waals surface area contributed by atoms with Gasteiger partial charge in [0.1, 0.15) is 0 Å². The van der Waals surface area contributed by atoms with Crippen molar-refractivity contribution in [2.45, 2.75) is 52.9 Å². The lowest BCUT2D eigenvalue weighted by molar-refractivity contribution is -0.130. The normalized spacial score (nSPS) is 18.3. The van der Waals surface area contributed by atoms with Crippen LogP contribution in [0.2, 0.25) is 0 Å². The highest BCUT2D eigenvalue weighted by Gasteiger charge is 2.31. The van der Waals surface area contributed by atoms with Gasteiger partial charge in [-0.3, -0.25) is 4.79 Å². The minimum Gasteiger partial charge on any atom is -0.342 e. The fraction of sp³-hybridized carbons (Fsp3) is 0.786. The van der Waals surface area contributed by atoms with Gasteiger partial charge in [0, 0.05) is 31.8 Å². The standard InChI is InChI=1S/C14H23N3O2/c1-10(2)13-15-11(19-16-13)5-6-12(18)17-8-7-14(3,4)9-17/h10H,5-9H2,1-4H3. The fourth-order valence-corrected chi connectivity index (χ4v) is 2.30. The lowest BCUT2D eigenvalue weighted by Crippen LogP contribution is -2.30. The summed E-state index contributed by atoms with van der Waals surface area (Å²) in [6.45, 7) is 10.2. The van der Waals surface area contributed by atoms with Crippen molar-refractivity contribution >= 4 is 5.91 Å². The number of likely N-dealkylation sites (tertiary alicyclic amines) is 1. The highest BCUT2D eigenvalue weighted by molar-refractivity contribution is 5.76. The zero-order valence-electron chi connectivity index (χ0n) is 12.3. The molecule has 5 heteroatoms. The molecule has 19 heavy (non-hydrogen) atoms. The maximum Gasteiger partial charge on any atom is 0.227 e. The van der Waals surface area contributed by atoms with E-state index in [4.69, 9.17) is 4.52 Å². The smallest absolute Gasteiger partial charge is 0.227 e. The van der Waals surface area contributed by atoms with Crippen molar-refractivity contribution < 1.29 is 9.32 Å². The SMILES string of the molecule is CC(C)c1noc(CCC(=O)N2CCC(C)(C)C2)n1. The summed E-state index contributed by atoms with van der Waals surface area (Å²) in [7, 11) is 0. The van der Waals surface area contributed by atoms with Crippen LogP contribution in [0.4, 0.5) is 0 Å². The molecule has 1 aromatic heterocycles. The molecular formula is C14H23N3O2. The number of rotatable bonds is 4. The maximum absolute atomic E-state index is 12.1. The highest BCUT2D eigenvalue weighted by atomic mass is 16.5. The van der Waals surface area contributed by atoms with E-state index in [0.29, 0.717) is 24.6 Å². The number of aromatic nitrogens is 2. The number of carbonyl (C=O) groups excluding carboxylic acids is 1. The summed E-state index contributed by atoms with van der Waals surface area (Å²) in [5, 5.41) is 3.90. The van der Waals surface area contributed by atoms with Crippen LogP contribution >= 0.6 is 0 Å². The number of hydrogen-bond donors (Lipinski definition) is 0. The summed E-state index contributed by atoms with van der Waals surface area (Å²) in [5.41, 5.74) is 0.255. The molecule has 0 aromatic carbocycles. The van der Waals surface area contributed by atoms with Gasteiger partial charge in [0.15, 0.2) is 5.82 Å². The monoisotopic (exact) mass is 265 g/mol. The van der Waals surface area contributed by atoms with E-state index in [2.05, 4.69) is 24.0 Å². The quantitative estimate of drug-likeness (QED) is 0.838. The van der Waals surface area contributed by atoms with Gasteiger partial charge in [-0.15, -0.1) is 0 Å². The Morgan fingerprint density at radius 1 is 1.47 bits per heavy atom. The molecule has 1 aromatic rings. The number of carbonyl (C=O) groups is 1. The lowest BCUT2D eigenvalue weighted by Gasteiger charge is -2.19. The summed E-state index contributed by atoms with van der Waals surface area (Å²) in [5.74, 6) is 1.72. The van der Waals surface area contributed by atoms with Gasteiger partial charge in [-0.05, 0) is 11.8 Å². The van der Waals surface area contributed by atoms with Gasteiger partial charge in [0.2, 0.25) is 11.8 Å². The van der Waals surface area contributed by atoms with E-state index >= 15 is 0 Å². The van der Waals surface area contributed by atoms with E-state index in [1.54, 1.807) is 0 Å². The van der Waals surface area contributed by atoms with Crippen LogP contribution in [-0.2, 0) is 11.2 Å². The molecule has 1 aliphatic heterocycles. The van der Waals surface area contributed by atoms with E-state index < -0.39 is 0 Å². The number of amides is 1. The summed E-state index contributed by atoms with van der Waals surface area (Å²) in [6, 6.07) is 0. The van der Waals surface area contributed by atoms with Crippen molar-refractivity contribution in [1.29, 1.82) is 0 Å². The van der Waals surface area contributed by atoms with Gasteiger partial charge >= 0.3 is 0 Å². The summed E-state index contributed by atoms with van der Waals surface area (Å²) < 4.78 is 5.15. The van der Waals surface area contributed by atoms with Crippen molar-refractivity contribution in [2.24, 2.45) is 5.41 Å². The van der Waals surface area contributed by atoms with E-state index in [0.717, 1.165) is 19.5 Å². The molecule has 0 unspecified atom stereocenters. The Hall–Kier alpha value is -1.39. The Kier molecular flexibility index (Phi) is 3.92. The molecule has 1 amide bonds. The lowest BCUT2D eigenvalue weighted by atomic mass is 9.93. The average Bonchev–Trinajstić information content (AvgIpc) is 2.92. The Morgan fingerprint density at radius 2 is 2.21 bits per heavy atom. The van der Waals surface area contributed by atoms with Crippen molar-refractivity contribution in [3.05, 3.63) is 11.7 Å². The molecule has 0 saturated carbocycles. The molecule has 0 atom stereocenters. The first kappa shape index (κ1) is 14.0. The third-order valence-electron chi connectivity index (χ3n) is 3.58. The molecule has 106 valence electrons. The van der Waals surface area contributed by atoms with Crippen LogP contribution in [0.25, 0.3) is 0 Å². The predicted molar refractivity (Wildman–Crippen MR) is 71.7 cm³/mol. The second kappa shape index (κ2) is 5.31. The zero-order valence-corrected chi connectivity index (χ0v) is 12.3. The molecule has 0 spiro atoms. The summed E-state index contributed by atoms with van der Waals surface area (Å²) >= 11 is 0. The van der Waals surface area contributed by atoms with Gasteiger partial charge in [-0.2, -0.15) is 4.98 Å². The zero-order chi connectivity index (χ0) is 14.0. The maximum atomic E-state index is 12.1. The van der Waals surface area contributed by atoms with E-state index in [9.17, 15) is 4.79 Å². The van der Waals surface area contributed by atoms with E-state index in [-0.39, 0.29) is 17.2 Å². The molecule has 5 nitrogen and oxygen atoms in total. The molecule has 2 rings (SSSR count). The van der Waals surface area contributed by atoms with Gasteiger partial charge in [0.25, 0.3) is 0 Å². The second-order valence-electron chi connectivity index (χ2n) is 6.43. The molecule has 0 bridgehead atoms. The van der Waals surface area contributed by atoms with Crippen molar-refractivity contribution in [3.8, 4) is 0 Å². The molecule has 1 saturated heterocycles. The molecule has 0 aliphatic carbocycles. The topological polar surface area (TPSA) is 59.2 Å². The van der Waals surface area contributed by atoms with Gasteiger partial charge in [-0.25, -0.2) is 0 Å². The Balaban J connectivity index is 1.83. The van der Waals surface area contributed by atoms with Crippen LogP contribution in [0.3, 0.4) is 0 Å². The molecule has 1 aliphatic rings. The highest BCUT2D eigenvalue weighted by Crippen LogP contribution is 2.29. The minimum atomic E-state index is 0.190. The largest absolute Gasteiger partial charge is 0.342 e. The third kappa shape index (κ3) is 3.55. The Bertz CT molecular complexity index is 451. The van der Waals surface area contributed by atoms with Crippen molar-refractivity contribution in [2.75, 3.05) is 13.1 Å². The van der Waals surface area contributed by atoms with Gasteiger partial charge in [0.05, 0.1) is 0 Å². The Morgan fingerprint density at radius 3 is 2.74 bits per heavy atom. The fourth-order valence-electron chi connectivity index (χ4n) is 2.30. The van der Waals surface area contributed by atoms with Crippen LogP contribution in [0.5, 0.6) is 0 Å². The van der Waals surface area contributed by atoms with Crippen molar-refractivity contribution in [1.82, 2.24) is 15.0 Å². The second-order valence-corrected chi connectivity index (χ2v) is 6.43. The summed E-state index contributed by atoms with van der Waals surface area (Å²) in [6.07, 6.45) is 2.07. The van der Waals surface area contributed by atoms with Crippen molar-refractivity contribution in [3.63, 3.8) is 0 Å². The Labute approximate surface area is 114 Å². The number of aryl methyl sites for hydroxylation is 1. The number of nitrogens with zero attached hydrogens (tertiary/aromatic N) is 3. The number of hydrogen-bond acceptors (Lipinski definition) is 4. The first-order chi connectivity index (χ1) is 8.87. The van der Waals surface area contributed by atoms with E-state index in [1.165, 1.54) is 0 Å². The minimum absolute atomic E-state index is 0.190. The van der Waals surface area contributed by atoms with Crippen LogP contribution in [-0.4, -0.2) is 34.0 Å². The molecule has 0 radical (unpaired) electrons. The summed E-state index contributed by atoms with van der Waals surface area (Å²) in [4.78, 5) is 18.3. The van der Waals surface area contributed by atoms with Gasteiger partial charge in [-0.1, -0.05) is 32.9 Å². The first-order valence-corrected chi connectivity index (χ1v) is 6.98. The van der Waals surface area contributed by atoms with E-state index in [1.807, 2.05) is 18.7 Å². The first-order valence-electron chi connectivity index (χ1n) is 6.98. The van der Waals surface area contributed by atoms with Crippen LogP contribution in [0.1, 0.15) is 58.2 Å². The molecular weight excluding hydrogens is 242 g/mol. The van der Waals surface area contributed by atoms with Crippen LogP contribution in [0.15, 0.2) is 4.52 Å². The van der Waals surface area contributed by atoms with Gasteiger partial charge < -0.3 is 9.42 Å².